The Hall–Kier alpha value is -3.70. The Morgan fingerprint density at radius 1 is 0.282 bits per heavy atom. The second-order valence-corrected chi connectivity index (χ2v) is 24.3. The van der Waals surface area contributed by atoms with Gasteiger partial charge in [-0.3, -0.25) is 9.59 Å². The number of hydrogen-bond donors (Lipinski definition) is 1. The number of ether oxygens (including phenoxy) is 2. The smallest absolute Gasteiger partial charge is 0.306 e. The molecule has 5 heteroatoms. The molecule has 0 heterocycles. The largest absolute Gasteiger partial charge is 0.462 e. The minimum absolute atomic E-state index is 0.0799. The average molecular weight is 1180 g/mol. The van der Waals surface area contributed by atoms with Crippen molar-refractivity contribution in [2.75, 3.05) is 13.2 Å². The van der Waals surface area contributed by atoms with Crippen molar-refractivity contribution in [3.63, 3.8) is 0 Å². The van der Waals surface area contributed by atoms with Crippen molar-refractivity contribution < 1.29 is 24.2 Å². The van der Waals surface area contributed by atoms with Gasteiger partial charge in [0.1, 0.15) is 6.61 Å². The van der Waals surface area contributed by atoms with Crippen LogP contribution in [0.3, 0.4) is 0 Å². The Morgan fingerprint density at radius 2 is 0.506 bits per heavy atom. The zero-order valence-electron chi connectivity index (χ0n) is 56.1. The normalized spacial score (nSPS) is 12.9. The van der Waals surface area contributed by atoms with Gasteiger partial charge in [-0.25, -0.2) is 0 Å². The van der Waals surface area contributed by atoms with Crippen LogP contribution in [0.1, 0.15) is 354 Å². The van der Waals surface area contributed by atoms with Gasteiger partial charge in [0.2, 0.25) is 0 Å². The van der Waals surface area contributed by atoms with E-state index in [-0.39, 0.29) is 25.2 Å². The number of esters is 2. The molecule has 0 aliphatic rings. The number of aliphatic hydroxyl groups is 1. The standard InChI is InChI=1S/C80H138O5/c1-3-5-7-9-11-13-15-17-19-21-23-25-27-29-31-33-35-37-39-41-42-44-46-48-50-52-54-56-58-60-62-64-66-68-70-72-74-79(82)84-77-78(76-81)85-80(83)75-73-71-69-67-65-63-61-59-57-55-53-51-49-47-45-43-40-38-36-34-32-30-28-26-24-22-20-18-16-14-12-10-8-6-4-2/h6,8,12,14,18,20,24,26,30,32,36,38,43,45,49,51,55,57,61,63,78,81H,3-5,7,9-11,13,15-17,19,21-23,25,27-29,31,33-35,37,39-42,44,46-48,50,52-54,56,58-60,62,64-77H2,1-2H3/b8-6-,14-12-,20-18-,26-24-,32-30-,38-36-,45-43-,51-49-,57-55-,63-61-. The van der Waals surface area contributed by atoms with Gasteiger partial charge in [0, 0.05) is 12.8 Å². The van der Waals surface area contributed by atoms with Crippen LogP contribution in [0.15, 0.2) is 122 Å². The van der Waals surface area contributed by atoms with Gasteiger partial charge in [-0.1, -0.05) is 373 Å². The van der Waals surface area contributed by atoms with Gasteiger partial charge in [0.15, 0.2) is 6.10 Å². The van der Waals surface area contributed by atoms with Crippen LogP contribution in [-0.4, -0.2) is 36.4 Å². The van der Waals surface area contributed by atoms with Gasteiger partial charge < -0.3 is 14.6 Å². The summed E-state index contributed by atoms with van der Waals surface area (Å²) in [4.78, 5) is 24.7. The molecule has 0 aromatic heterocycles. The first-order valence-corrected chi connectivity index (χ1v) is 36.6. The van der Waals surface area contributed by atoms with Gasteiger partial charge in [-0.05, 0) is 89.9 Å². The molecular weight excluding hydrogens is 1040 g/mol. The Labute approximate surface area is 528 Å². The average Bonchev–Trinajstić information content (AvgIpc) is 3.52. The molecule has 1 atom stereocenters. The zero-order chi connectivity index (χ0) is 61.2. The van der Waals surface area contributed by atoms with Crippen LogP contribution in [0.25, 0.3) is 0 Å². The van der Waals surface area contributed by atoms with Crippen molar-refractivity contribution >= 4 is 11.9 Å². The first-order valence-electron chi connectivity index (χ1n) is 36.6. The van der Waals surface area contributed by atoms with Crippen LogP contribution >= 0.6 is 0 Å². The molecule has 5 nitrogen and oxygen atoms in total. The minimum atomic E-state index is -0.795. The molecule has 0 bridgehead atoms. The van der Waals surface area contributed by atoms with Gasteiger partial charge in [0.25, 0.3) is 0 Å². The van der Waals surface area contributed by atoms with E-state index in [4.69, 9.17) is 9.47 Å². The maximum atomic E-state index is 12.4. The summed E-state index contributed by atoms with van der Waals surface area (Å²) in [5.74, 6) is -0.613. The summed E-state index contributed by atoms with van der Waals surface area (Å²) in [5.41, 5.74) is 0. The molecule has 1 unspecified atom stereocenters. The summed E-state index contributed by atoms with van der Waals surface area (Å²) in [5, 5.41) is 9.70. The number of allylic oxidation sites excluding steroid dienone is 20. The van der Waals surface area contributed by atoms with E-state index in [2.05, 4.69) is 135 Å². The molecule has 0 spiro atoms. The van der Waals surface area contributed by atoms with Crippen LogP contribution in [0.2, 0.25) is 0 Å². The lowest BCUT2D eigenvalue weighted by Gasteiger charge is -2.15. The lowest BCUT2D eigenvalue weighted by atomic mass is 10.0. The van der Waals surface area contributed by atoms with E-state index in [1.165, 1.54) is 212 Å². The first-order chi connectivity index (χ1) is 42.1. The molecule has 0 aromatic rings. The molecule has 0 aliphatic heterocycles. The highest BCUT2D eigenvalue weighted by molar-refractivity contribution is 5.70. The molecule has 1 N–H and O–H groups in total. The molecule has 0 saturated carbocycles. The minimum Gasteiger partial charge on any atom is -0.462 e. The topological polar surface area (TPSA) is 72.8 Å². The molecule has 0 rings (SSSR count). The summed E-state index contributed by atoms with van der Waals surface area (Å²) < 4.78 is 10.7. The fraction of sp³-hybridized carbons (Fsp3) is 0.725. The van der Waals surface area contributed by atoms with Gasteiger partial charge >= 0.3 is 11.9 Å². The molecule has 0 saturated heterocycles. The Kier molecular flexibility index (Phi) is 71.3. The van der Waals surface area contributed by atoms with E-state index in [9.17, 15) is 14.7 Å². The molecule has 488 valence electrons. The van der Waals surface area contributed by atoms with Crippen molar-refractivity contribution in [2.24, 2.45) is 0 Å². The maximum absolute atomic E-state index is 12.4. The van der Waals surface area contributed by atoms with E-state index in [0.717, 1.165) is 116 Å². The fourth-order valence-corrected chi connectivity index (χ4v) is 10.6. The summed E-state index contributed by atoms with van der Waals surface area (Å²) in [7, 11) is 0. The van der Waals surface area contributed by atoms with Crippen molar-refractivity contribution in [1.82, 2.24) is 0 Å². The van der Waals surface area contributed by atoms with Gasteiger partial charge in [-0.2, -0.15) is 0 Å². The third-order valence-corrected chi connectivity index (χ3v) is 16.0. The number of aliphatic hydroxyl groups excluding tert-OH is 1. The number of unbranched alkanes of at least 4 members (excludes halogenated alkanes) is 39. The molecule has 85 heavy (non-hydrogen) atoms. The highest BCUT2D eigenvalue weighted by atomic mass is 16.6. The SMILES string of the molecule is CC/C=C\C/C=C\C/C=C\C/C=C\C/C=C\C/C=C\C/C=C\C/C=C\C/C=C\C/C=C\CCCCCCC(=O)OC(CO)COC(=O)CCCCCCCCCCCCCCCCCCCCCCCCCCCCCCCCCCCCCC. The van der Waals surface area contributed by atoms with Crippen LogP contribution in [0.5, 0.6) is 0 Å². The van der Waals surface area contributed by atoms with Crippen LogP contribution in [-0.2, 0) is 19.1 Å². The van der Waals surface area contributed by atoms with Crippen LogP contribution in [0.4, 0.5) is 0 Å². The molecule has 0 amide bonds. The van der Waals surface area contributed by atoms with E-state index in [1.807, 2.05) is 0 Å². The summed E-state index contributed by atoms with van der Waals surface area (Å²) in [6.07, 6.45) is 110. The summed E-state index contributed by atoms with van der Waals surface area (Å²) in [6.45, 7) is 4.04. The quantitative estimate of drug-likeness (QED) is 0.0373. The zero-order valence-corrected chi connectivity index (χ0v) is 56.1. The highest BCUT2D eigenvalue weighted by Gasteiger charge is 2.16. The van der Waals surface area contributed by atoms with Crippen molar-refractivity contribution in [1.29, 1.82) is 0 Å². The molecular formula is C80H138O5. The van der Waals surface area contributed by atoms with Gasteiger partial charge in [0.05, 0.1) is 6.61 Å². The number of carbonyl (C=O) groups is 2. The molecule has 0 aromatic carbocycles. The second-order valence-electron chi connectivity index (χ2n) is 24.3. The van der Waals surface area contributed by atoms with E-state index >= 15 is 0 Å². The van der Waals surface area contributed by atoms with E-state index in [1.54, 1.807) is 0 Å². The molecule has 0 fully saturated rings. The summed E-state index contributed by atoms with van der Waals surface area (Å²) in [6, 6.07) is 0. The van der Waals surface area contributed by atoms with Crippen molar-refractivity contribution in [2.45, 2.75) is 360 Å². The Morgan fingerprint density at radius 3 is 0.765 bits per heavy atom. The Bertz CT molecular complexity index is 1670. The monoisotopic (exact) mass is 1180 g/mol. The maximum Gasteiger partial charge on any atom is 0.306 e. The van der Waals surface area contributed by atoms with E-state index < -0.39 is 6.10 Å². The molecule has 0 aliphatic carbocycles. The third kappa shape index (κ3) is 72.7. The lowest BCUT2D eigenvalue weighted by Crippen LogP contribution is -2.28. The number of carbonyl (C=O) groups excluding carboxylic acids is 2. The lowest BCUT2D eigenvalue weighted by molar-refractivity contribution is -0.161. The summed E-state index contributed by atoms with van der Waals surface area (Å²) >= 11 is 0. The van der Waals surface area contributed by atoms with Gasteiger partial charge in [-0.15, -0.1) is 0 Å². The van der Waals surface area contributed by atoms with Crippen molar-refractivity contribution in [3.05, 3.63) is 122 Å². The van der Waals surface area contributed by atoms with Crippen LogP contribution in [0, 0.1) is 0 Å². The van der Waals surface area contributed by atoms with E-state index in [0.29, 0.717) is 12.8 Å². The molecule has 0 radical (unpaired) electrons. The van der Waals surface area contributed by atoms with Crippen molar-refractivity contribution in [3.8, 4) is 0 Å². The predicted molar refractivity (Wildman–Crippen MR) is 375 cm³/mol. The second kappa shape index (κ2) is 74.6. The predicted octanol–water partition coefficient (Wildman–Crippen LogP) is 25.7. The fourth-order valence-electron chi connectivity index (χ4n) is 10.6. The third-order valence-electron chi connectivity index (χ3n) is 16.0. The Balaban J connectivity index is 3.51. The first kappa shape index (κ1) is 81.3. The number of rotatable bonds is 67. The number of hydrogen-bond acceptors (Lipinski definition) is 5. The van der Waals surface area contributed by atoms with Crippen LogP contribution < -0.4 is 0 Å². The highest BCUT2D eigenvalue weighted by Crippen LogP contribution is 2.18.